The number of nitrogens with two attached hydrogens (primary N) is 1. The topological polar surface area (TPSA) is 218 Å². The van der Waals surface area contributed by atoms with Gasteiger partial charge in [-0.3, -0.25) is 23.2 Å². The second-order valence-electron chi connectivity index (χ2n) is 13.6. The normalized spacial score (nSPS) is 22.4. The van der Waals surface area contributed by atoms with Crippen LogP contribution in [0.15, 0.2) is 77.7 Å². The summed E-state index contributed by atoms with van der Waals surface area (Å²) in [7, 11) is -9.39. The standard InChI is InChI=1S/C35H47F2N5O12P2/c1-22(2)50-30(43)24(5)40-55(46,53-26-14-10-8-11-15-26)48-20-28-34(7,35(36,37)32(52-28)42-19-18-29(38)39-33(42)45)21-49-56(47,54-27-16-12-9-13-17-27)41-25(6)31(44)51-23(3)4/h8-19,22-25,28,32H,20-21H2,1-7H3,(H,40,46)(H,41,47)(H2,38,39,45)/t24-,25-,28+,32+,34+,55?,56?/m0/s1. The van der Waals surface area contributed by atoms with Gasteiger partial charge in [-0.15, -0.1) is 0 Å². The number of para-hydroxylation sites is 2. The zero-order valence-electron chi connectivity index (χ0n) is 31.8. The molecule has 0 saturated carbocycles. The van der Waals surface area contributed by atoms with Gasteiger partial charge in [0.1, 0.15) is 29.4 Å². The van der Waals surface area contributed by atoms with Crippen LogP contribution in [0.4, 0.5) is 14.6 Å². The highest BCUT2D eigenvalue weighted by atomic mass is 31.2. The molecule has 2 unspecified atom stereocenters. The molecule has 4 N–H and O–H groups in total. The highest BCUT2D eigenvalue weighted by Gasteiger charge is 2.69. The number of hydrogen-bond donors (Lipinski definition) is 3. The second-order valence-corrected chi connectivity index (χ2v) is 17.0. The minimum absolute atomic E-state index is 0.000191. The molecule has 1 saturated heterocycles. The Kier molecular flexibility index (Phi) is 14.6. The Hall–Kier alpha value is -4.22. The van der Waals surface area contributed by atoms with Crippen LogP contribution in [-0.4, -0.2) is 71.0 Å². The fraction of sp³-hybridized carbons (Fsp3) is 0.486. The number of hydrogen-bond acceptors (Lipinski definition) is 14. The summed E-state index contributed by atoms with van der Waals surface area (Å²) in [6, 6.07) is 13.8. The van der Waals surface area contributed by atoms with Crippen LogP contribution in [0.3, 0.4) is 0 Å². The molecule has 3 aromatic rings. The van der Waals surface area contributed by atoms with E-state index in [1.807, 2.05) is 0 Å². The van der Waals surface area contributed by atoms with Crippen LogP contribution < -0.4 is 30.6 Å². The highest BCUT2D eigenvalue weighted by molar-refractivity contribution is 7.52. The third-order valence-electron chi connectivity index (χ3n) is 8.16. The highest BCUT2D eigenvalue weighted by Crippen LogP contribution is 2.58. The Morgan fingerprint density at radius 3 is 1.75 bits per heavy atom. The maximum absolute atomic E-state index is 16.9. The summed E-state index contributed by atoms with van der Waals surface area (Å²) >= 11 is 0. The van der Waals surface area contributed by atoms with Gasteiger partial charge < -0.3 is 29.0 Å². The van der Waals surface area contributed by atoms with E-state index in [-0.39, 0.29) is 17.3 Å². The second kappa shape index (κ2) is 18.4. The summed E-state index contributed by atoms with van der Waals surface area (Å²) in [5.41, 5.74) is 1.83. The van der Waals surface area contributed by atoms with Gasteiger partial charge in [-0.2, -0.15) is 15.2 Å². The van der Waals surface area contributed by atoms with E-state index in [2.05, 4.69) is 15.2 Å². The van der Waals surface area contributed by atoms with Crippen molar-refractivity contribution in [3.05, 3.63) is 83.4 Å². The molecule has 7 atom stereocenters. The molecular formula is C35H47F2N5O12P2. The Morgan fingerprint density at radius 2 is 1.30 bits per heavy atom. The molecule has 56 heavy (non-hydrogen) atoms. The van der Waals surface area contributed by atoms with E-state index >= 15 is 8.78 Å². The zero-order valence-corrected chi connectivity index (χ0v) is 33.6. The molecule has 4 rings (SSSR count). The number of benzene rings is 2. The van der Waals surface area contributed by atoms with Gasteiger partial charge >= 0.3 is 39.0 Å². The van der Waals surface area contributed by atoms with Crippen molar-refractivity contribution in [1.29, 1.82) is 0 Å². The number of aromatic nitrogens is 2. The SMILES string of the molecule is CC(C)OC(=O)[C@H](C)NP(=O)(OC[C@H]1O[C@@H](n2ccc(N)nc2=O)C(F)(F)[C@]1(C)COP(=O)(N[C@@H](C)C(=O)OC(C)C)Oc1ccccc1)Oc1ccccc1. The fourth-order valence-corrected chi connectivity index (χ4v) is 8.29. The van der Waals surface area contributed by atoms with Crippen LogP contribution in [0.1, 0.15) is 54.7 Å². The van der Waals surface area contributed by atoms with Crippen molar-refractivity contribution in [3.8, 4) is 11.5 Å². The maximum atomic E-state index is 16.9. The van der Waals surface area contributed by atoms with Crippen molar-refractivity contribution >= 4 is 33.2 Å². The average Bonchev–Trinajstić information content (AvgIpc) is 3.30. The number of nitrogen functional groups attached to an aromatic ring is 1. The van der Waals surface area contributed by atoms with Crippen LogP contribution in [0.2, 0.25) is 0 Å². The molecule has 0 spiro atoms. The van der Waals surface area contributed by atoms with Crippen molar-refractivity contribution in [2.24, 2.45) is 5.41 Å². The van der Waals surface area contributed by atoms with Gasteiger partial charge in [0.2, 0.25) is 6.23 Å². The Bertz CT molecular complexity index is 1960. The molecule has 1 aliphatic rings. The molecule has 17 nitrogen and oxygen atoms in total. The van der Waals surface area contributed by atoms with Gasteiger partial charge in [0, 0.05) is 6.20 Å². The number of ether oxygens (including phenoxy) is 3. The lowest BCUT2D eigenvalue weighted by Crippen LogP contribution is -2.49. The zero-order chi connectivity index (χ0) is 41.5. The van der Waals surface area contributed by atoms with Gasteiger partial charge in [-0.1, -0.05) is 36.4 Å². The van der Waals surface area contributed by atoms with Crippen molar-refractivity contribution in [2.75, 3.05) is 18.9 Å². The number of esters is 2. The van der Waals surface area contributed by atoms with Gasteiger partial charge in [-0.05, 0) is 78.8 Å². The molecule has 1 aromatic heterocycles. The first kappa shape index (κ1) is 44.5. The number of carbonyl (C=O) groups excluding carboxylic acids is 2. The number of alkyl halides is 2. The molecule has 308 valence electrons. The Balaban J connectivity index is 1.73. The predicted octanol–water partition coefficient (Wildman–Crippen LogP) is 5.63. The Labute approximate surface area is 322 Å². The van der Waals surface area contributed by atoms with Crippen molar-refractivity contribution in [3.63, 3.8) is 0 Å². The summed E-state index contributed by atoms with van der Waals surface area (Å²) in [6.45, 7) is 7.98. The summed E-state index contributed by atoms with van der Waals surface area (Å²) in [5, 5.41) is 4.91. The minimum atomic E-state index is -4.74. The van der Waals surface area contributed by atoms with E-state index in [0.717, 1.165) is 19.2 Å². The van der Waals surface area contributed by atoms with Gasteiger partial charge in [0.15, 0.2) is 0 Å². The van der Waals surface area contributed by atoms with Crippen LogP contribution in [0.25, 0.3) is 0 Å². The van der Waals surface area contributed by atoms with E-state index in [1.54, 1.807) is 64.1 Å². The van der Waals surface area contributed by atoms with Gasteiger partial charge in [0.25, 0.3) is 0 Å². The largest absolute Gasteiger partial charge is 0.462 e. The maximum Gasteiger partial charge on any atom is 0.459 e. The number of rotatable bonds is 19. The van der Waals surface area contributed by atoms with E-state index in [4.69, 9.17) is 38.0 Å². The molecule has 0 aliphatic carbocycles. The predicted molar refractivity (Wildman–Crippen MR) is 199 cm³/mol. The molecule has 0 amide bonds. The smallest absolute Gasteiger partial charge is 0.459 e. The monoisotopic (exact) mass is 829 g/mol. The summed E-state index contributed by atoms with van der Waals surface area (Å²) < 4.78 is 102. The summed E-state index contributed by atoms with van der Waals surface area (Å²) in [5.74, 6) is -5.94. The lowest BCUT2D eigenvalue weighted by atomic mass is 9.80. The summed E-state index contributed by atoms with van der Waals surface area (Å²) in [4.78, 5) is 41.8. The van der Waals surface area contributed by atoms with Crippen molar-refractivity contribution < 1.29 is 59.8 Å². The quantitative estimate of drug-likeness (QED) is 0.0985. The molecule has 1 aliphatic heterocycles. The first-order valence-corrected chi connectivity index (χ1v) is 20.6. The number of nitrogens with one attached hydrogen (secondary N) is 2. The number of carbonyl (C=O) groups is 2. The van der Waals surface area contributed by atoms with E-state index in [0.29, 0.717) is 4.57 Å². The van der Waals surface area contributed by atoms with Crippen LogP contribution >= 0.6 is 15.5 Å². The first-order chi connectivity index (χ1) is 26.2. The van der Waals surface area contributed by atoms with Crippen LogP contribution in [0, 0.1) is 5.41 Å². The summed E-state index contributed by atoms with van der Waals surface area (Å²) in [6.07, 6.45) is -4.32. The van der Waals surface area contributed by atoms with Crippen molar-refractivity contribution in [2.45, 2.75) is 91.0 Å². The van der Waals surface area contributed by atoms with E-state index in [1.165, 1.54) is 38.1 Å². The number of anilines is 1. The fourth-order valence-electron chi connectivity index (χ4n) is 5.20. The number of halogens is 2. The number of nitrogens with zero attached hydrogens (tertiary/aromatic N) is 2. The third kappa shape index (κ3) is 11.2. The molecule has 21 heteroatoms. The Morgan fingerprint density at radius 1 is 0.839 bits per heavy atom. The molecule has 0 bridgehead atoms. The minimum Gasteiger partial charge on any atom is -0.462 e. The third-order valence-corrected chi connectivity index (χ3v) is 11.4. The lowest BCUT2D eigenvalue weighted by Gasteiger charge is -2.36. The molecule has 2 aromatic carbocycles. The molecule has 0 radical (unpaired) electrons. The van der Waals surface area contributed by atoms with E-state index in [9.17, 15) is 23.5 Å². The first-order valence-electron chi connectivity index (χ1n) is 17.5. The van der Waals surface area contributed by atoms with Gasteiger partial charge in [-0.25, -0.2) is 22.7 Å². The molecule has 2 heterocycles. The van der Waals surface area contributed by atoms with Crippen LogP contribution in [-0.2, 0) is 42.0 Å². The molecule has 1 fully saturated rings. The van der Waals surface area contributed by atoms with Crippen LogP contribution in [0.5, 0.6) is 11.5 Å². The lowest BCUT2D eigenvalue weighted by molar-refractivity contribution is -0.153. The molecular weight excluding hydrogens is 782 g/mol. The average molecular weight is 830 g/mol. The van der Waals surface area contributed by atoms with Crippen molar-refractivity contribution in [1.82, 2.24) is 19.7 Å². The van der Waals surface area contributed by atoms with E-state index < -0.39 is 94.3 Å². The van der Waals surface area contributed by atoms with Gasteiger partial charge in [0.05, 0.1) is 36.9 Å².